The molecule has 2 aromatic carbocycles. The number of ether oxygens (including phenoxy) is 3. The molecule has 7 heteroatoms. The smallest absolute Gasteiger partial charge is 0.204 e. The van der Waals surface area contributed by atoms with Crippen molar-refractivity contribution in [3.63, 3.8) is 0 Å². The van der Waals surface area contributed by atoms with E-state index in [0.29, 0.717) is 23.8 Å². The standard InChI is InChI=1S/C19H23N3O3.ClH/c1-5-22-15-9-7-6-8-14(15)21-19(22)20-12-13-10-16(23-2)18(25-4)17(11-13)24-3;/h6-11H,5,12H2,1-4H3,(H,20,21);1H/p-1. The van der Waals surface area contributed by atoms with Crippen LogP contribution < -0.4 is 31.9 Å². The molecule has 1 aromatic heterocycles. The molecular formula is C19H23ClN3O3-. The number of para-hydroxylation sites is 2. The number of fused-ring (bicyclic) bond motifs is 1. The van der Waals surface area contributed by atoms with E-state index in [1.165, 1.54) is 0 Å². The van der Waals surface area contributed by atoms with Crippen molar-refractivity contribution in [2.75, 3.05) is 26.6 Å². The van der Waals surface area contributed by atoms with E-state index in [2.05, 4.69) is 27.9 Å². The van der Waals surface area contributed by atoms with Crippen LogP contribution in [-0.2, 0) is 13.1 Å². The van der Waals surface area contributed by atoms with Gasteiger partial charge in [-0.2, -0.15) is 0 Å². The van der Waals surface area contributed by atoms with Crippen molar-refractivity contribution in [1.29, 1.82) is 0 Å². The average Bonchev–Trinajstić information content (AvgIpc) is 3.02. The maximum atomic E-state index is 5.41. The lowest BCUT2D eigenvalue weighted by Gasteiger charge is -2.15. The molecule has 1 heterocycles. The zero-order chi connectivity index (χ0) is 17.8. The number of nitrogens with one attached hydrogen (secondary N) is 1. The molecule has 0 amide bonds. The predicted octanol–water partition coefficient (Wildman–Crippen LogP) is 0.698. The van der Waals surface area contributed by atoms with Crippen LogP contribution in [0.3, 0.4) is 0 Å². The Hall–Kier alpha value is -2.60. The van der Waals surface area contributed by atoms with E-state index in [1.807, 2.05) is 30.3 Å². The highest BCUT2D eigenvalue weighted by molar-refractivity contribution is 5.78. The summed E-state index contributed by atoms with van der Waals surface area (Å²) < 4.78 is 18.3. The van der Waals surface area contributed by atoms with E-state index in [1.54, 1.807) is 21.3 Å². The number of nitrogens with zero attached hydrogens (tertiary/aromatic N) is 2. The summed E-state index contributed by atoms with van der Waals surface area (Å²) in [6.45, 7) is 3.55. The van der Waals surface area contributed by atoms with Crippen molar-refractivity contribution in [2.24, 2.45) is 0 Å². The average molecular weight is 377 g/mol. The van der Waals surface area contributed by atoms with Gasteiger partial charge in [0.25, 0.3) is 0 Å². The Balaban J connectivity index is 0.00000243. The zero-order valence-electron chi connectivity index (χ0n) is 15.4. The third-order valence-corrected chi connectivity index (χ3v) is 4.15. The van der Waals surface area contributed by atoms with Gasteiger partial charge >= 0.3 is 0 Å². The van der Waals surface area contributed by atoms with Gasteiger partial charge in [-0.3, -0.25) is 0 Å². The van der Waals surface area contributed by atoms with E-state index < -0.39 is 0 Å². The fourth-order valence-corrected chi connectivity index (χ4v) is 2.95. The first kappa shape index (κ1) is 19.7. The topological polar surface area (TPSA) is 57.5 Å². The lowest BCUT2D eigenvalue weighted by Crippen LogP contribution is -3.00. The molecule has 0 aliphatic rings. The Morgan fingerprint density at radius 2 is 1.65 bits per heavy atom. The molecular weight excluding hydrogens is 354 g/mol. The van der Waals surface area contributed by atoms with Gasteiger partial charge in [-0.15, -0.1) is 0 Å². The van der Waals surface area contributed by atoms with Crippen LogP contribution >= 0.6 is 0 Å². The molecule has 0 bridgehead atoms. The van der Waals surface area contributed by atoms with E-state index in [4.69, 9.17) is 14.2 Å². The van der Waals surface area contributed by atoms with Crippen LogP contribution in [-0.4, -0.2) is 30.9 Å². The quantitative estimate of drug-likeness (QED) is 0.657. The summed E-state index contributed by atoms with van der Waals surface area (Å²) in [7, 11) is 4.83. The molecule has 3 aromatic rings. The number of halogens is 1. The molecule has 26 heavy (non-hydrogen) atoms. The monoisotopic (exact) mass is 376 g/mol. The van der Waals surface area contributed by atoms with Gasteiger partial charge in [0.15, 0.2) is 11.5 Å². The lowest BCUT2D eigenvalue weighted by molar-refractivity contribution is -0.00000602. The van der Waals surface area contributed by atoms with Crippen LogP contribution in [0.15, 0.2) is 36.4 Å². The van der Waals surface area contributed by atoms with Crippen LogP contribution in [0.5, 0.6) is 17.2 Å². The fourth-order valence-electron chi connectivity index (χ4n) is 2.95. The van der Waals surface area contributed by atoms with E-state index in [0.717, 1.165) is 29.1 Å². The number of aromatic nitrogens is 2. The summed E-state index contributed by atoms with van der Waals surface area (Å²) >= 11 is 0. The summed E-state index contributed by atoms with van der Waals surface area (Å²) in [5.41, 5.74) is 3.12. The molecule has 3 rings (SSSR count). The Morgan fingerprint density at radius 1 is 1.00 bits per heavy atom. The molecule has 0 aliphatic heterocycles. The largest absolute Gasteiger partial charge is 1.00 e. The van der Waals surface area contributed by atoms with Crippen molar-refractivity contribution in [3.8, 4) is 17.2 Å². The number of rotatable bonds is 7. The number of methoxy groups -OCH3 is 3. The van der Waals surface area contributed by atoms with Crippen molar-refractivity contribution < 1.29 is 26.6 Å². The molecule has 0 fully saturated rings. The maximum absolute atomic E-state index is 5.41. The Kier molecular flexibility index (Phi) is 6.58. The van der Waals surface area contributed by atoms with E-state index in [-0.39, 0.29) is 12.4 Å². The van der Waals surface area contributed by atoms with Gasteiger partial charge in [-0.25, -0.2) is 4.98 Å². The first-order valence-electron chi connectivity index (χ1n) is 8.19. The van der Waals surface area contributed by atoms with Crippen LogP contribution in [0.25, 0.3) is 11.0 Å². The Labute approximate surface area is 159 Å². The second-order valence-corrected chi connectivity index (χ2v) is 5.56. The van der Waals surface area contributed by atoms with Crippen LogP contribution in [0.4, 0.5) is 5.95 Å². The summed E-state index contributed by atoms with van der Waals surface area (Å²) in [6, 6.07) is 12.0. The minimum atomic E-state index is 0. The number of anilines is 1. The number of hydrogen-bond acceptors (Lipinski definition) is 5. The van der Waals surface area contributed by atoms with Crippen molar-refractivity contribution in [1.82, 2.24) is 9.55 Å². The minimum absolute atomic E-state index is 0. The predicted molar refractivity (Wildman–Crippen MR) is 98.8 cm³/mol. The van der Waals surface area contributed by atoms with Gasteiger partial charge in [-0.05, 0) is 36.8 Å². The normalized spacial score (nSPS) is 10.3. The fraction of sp³-hybridized carbons (Fsp3) is 0.316. The summed E-state index contributed by atoms with van der Waals surface area (Å²) in [5, 5.41) is 3.41. The molecule has 0 aliphatic carbocycles. The summed E-state index contributed by atoms with van der Waals surface area (Å²) in [4.78, 5) is 4.68. The van der Waals surface area contributed by atoms with E-state index in [9.17, 15) is 0 Å². The number of aryl methyl sites for hydroxylation is 1. The first-order chi connectivity index (χ1) is 12.2. The van der Waals surface area contributed by atoms with E-state index >= 15 is 0 Å². The minimum Gasteiger partial charge on any atom is -1.00 e. The van der Waals surface area contributed by atoms with Gasteiger partial charge in [0.1, 0.15) is 0 Å². The second-order valence-electron chi connectivity index (χ2n) is 5.56. The molecule has 0 radical (unpaired) electrons. The number of benzene rings is 2. The number of imidazole rings is 1. The van der Waals surface area contributed by atoms with Crippen LogP contribution in [0.2, 0.25) is 0 Å². The van der Waals surface area contributed by atoms with Gasteiger partial charge in [0.2, 0.25) is 11.7 Å². The van der Waals surface area contributed by atoms with Gasteiger partial charge in [0.05, 0.1) is 32.4 Å². The molecule has 0 spiro atoms. The second kappa shape index (κ2) is 8.67. The van der Waals surface area contributed by atoms with Crippen molar-refractivity contribution in [2.45, 2.75) is 20.0 Å². The highest BCUT2D eigenvalue weighted by Crippen LogP contribution is 2.38. The summed E-state index contributed by atoms with van der Waals surface area (Å²) in [6.07, 6.45) is 0. The van der Waals surface area contributed by atoms with Crippen LogP contribution in [0.1, 0.15) is 12.5 Å². The maximum Gasteiger partial charge on any atom is 0.204 e. The zero-order valence-corrected chi connectivity index (χ0v) is 16.1. The molecule has 0 saturated carbocycles. The molecule has 0 saturated heterocycles. The summed E-state index contributed by atoms with van der Waals surface area (Å²) in [5.74, 6) is 2.72. The van der Waals surface area contributed by atoms with Crippen LogP contribution in [0, 0.1) is 0 Å². The Bertz CT molecular complexity index is 855. The van der Waals surface area contributed by atoms with Gasteiger partial charge < -0.3 is 36.5 Å². The molecule has 140 valence electrons. The van der Waals surface area contributed by atoms with Crippen molar-refractivity contribution in [3.05, 3.63) is 42.0 Å². The van der Waals surface area contributed by atoms with Crippen molar-refractivity contribution >= 4 is 17.0 Å². The number of hydrogen-bond donors (Lipinski definition) is 1. The molecule has 1 N–H and O–H groups in total. The molecule has 0 unspecified atom stereocenters. The lowest BCUT2D eigenvalue weighted by atomic mass is 10.2. The third kappa shape index (κ3) is 3.65. The SMILES string of the molecule is CCn1c(NCc2cc(OC)c(OC)c(OC)c2)nc2ccccc21.[Cl-]. The Morgan fingerprint density at radius 3 is 2.23 bits per heavy atom. The first-order valence-corrected chi connectivity index (χ1v) is 8.19. The highest BCUT2D eigenvalue weighted by Gasteiger charge is 2.14. The molecule has 6 nitrogen and oxygen atoms in total. The molecule has 0 atom stereocenters. The third-order valence-electron chi connectivity index (χ3n) is 4.15. The highest BCUT2D eigenvalue weighted by atomic mass is 35.5. The van der Waals surface area contributed by atoms with Gasteiger partial charge in [-0.1, -0.05) is 12.1 Å². The van der Waals surface area contributed by atoms with Gasteiger partial charge in [0, 0.05) is 13.1 Å².